The normalized spacial score (nSPS) is 5.33. The van der Waals surface area contributed by atoms with E-state index in [0.29, 0.717) is 0 Å². The Balaban J connectivity index is -0.0000000300. The molecule has 0 aliphatic carbocycles. The van der Waals surface area contributed by atoms with Gasteiger partial charge in [0.05, 0.1) is 0 Å². The number of primary amides is 2. The maximum absolute atomic E-state index is 9.00. The second kappa shape index (κ2) is 10.5. The second-order valence-electron chi connectivity index (χ2n) is 0.640. The molecule has 0 bridgehead atoms. The van der Waals surface area contributed by atoms with Crippen LogP contribution >= 0.6 is 0 Å². The van der Waals surface area contributed by atoms with Crippen LogP contribution in [0.2, 0.25) is 0 Å². The van der Waals surface area contributed by atoms with Gasteiger partial charge < -0.3 is 18.1 Å². The molecule has 0 aliphatic rings. The van der Waals surface area contributed by atoms with Crippen LogP contribution in [0, 0.1) is 10.1 Å². The van der Waals surface area contributed by atoms with Crippen LogP contribution < -0.4 is 41.0 Å². The van der Waals surface area contributed by atoms with Crippen molar-refractivity contribution in [3.05, 3.63) is 10.1 Å². The second-order valence-corrected chi connectivity index (χ2v) is 0.640. The SMILES string of the molecule is NC(N)=O.O=[N+]([O-])O.[H-].[Na+]. The van der Waals surface area contributed by atoms with Crippen LogP contribution in [0.3, 0.4) is 0 Å². The van der Waals surface area contributed by atoms with E-state index < -0.39 is 11.1 Å². The van der Waals surface area contributed by atoms with Gasteiger partial charge in [0.25, 0.3) is 5.09 Å². The molecular formula is CH6N3NaO4. The zero-order valence-electron chi connectivity index (χ0n) is 5.77. The molecule has 0 atom stereocenters. The summed E-state index contributed by atoms with van der Waals surface area (Å²) in [6.07, 6.45) is 0. The largest absolute Gasteiger partial charge is 1.00 e. The van der Waals surface area contributed by atoms with Gasteiger partial charge in [-0.1, -0.05) is 0 Å². The van der Waals surface area contributed by atoms with E-state index in [9.17, 15) is 0 Å². The summed E-state index contributed by atoms with van der Waals surface area (Å²) in [7, 11) is 0. The van der Waals surface area contributed by atoms with Crippen LogP contribution in [-0.2, 0) is 0 Å². The van der Waals surface area contributed by atoms with Gasteiger partial charge in [-0.05, 0) is 0 Å². The molecule has 0 saturated heterocycles. The Morgan fingerprint density at radius 3 is 1.67 bits per heavy atom. The van der Waals surface area contributed by atoms with Gasteiger partial charge in [0.1, 0.15) is 0 Å². The molecule has 0 saturated carbocycles. The first-order valence-electron chi connectivity index (χ1n) is 1.35. The Morgan fingerprint density at radius 1 is 1.67 bits per heavy atom. The molecule has 0 heterocycles. The minimum absolute atomic E-state index is 0. The van der Waals surface area contributed by atoms with Gasteiger partial charge in [-0.2, -0.15) is 0 Å². The van der Waals surface area contributed by atoms with Gasteiger partial charge >= 0.3 is 35.6 Å². The van der Waals surface area contributed by atoms with Crippen LogP contribution in [0.5, 0.6) is 0 Å². The fourth-order valence-electron chi connectivity index (χ4n) is 0. The Bertz CT molecular complexity index is 78.5. The van der Waals surface area contributed by atoms with Gasteiger partial charge in [-0.15, -0.1) is 10.1 Å². The first-order chi connectivity index (χ1) is 3.46. The average Bonchev–Trinajstić information content (AvgIpc) is 1.25. The fourth-order valence-corrected chi connectivity index (χ4v) is 0. The van der Waals surface area contributed by atoms with E-state index in [-0.39, 0.29) is 31.0 Å². The smallest absolute Gasteiger partial charge is 1.00 e. The maximum atomic E-state index is 9.00. The molecule has 0 unspecified atom stereocenters. The summed E-state index contributed by atoms with van der Waals surface area (Å²) in [6, 6.07) is -0.833. The summed E-state index contributed by atoms with van der Waals surface area (Å²) in [5.74, 6) is 0. The minimum Gasteiger partial charge on any atom is -1.00 e. The van der Waals surface area contributed by atoms with Crippen molar-refractivity contribution in [2.75, 3.05) is 0 Å². The molecule has 5 N–H and O–H groups in total. The average molecular weight is 147 g/mol. The quantitative estimate of drug-likeness (QED) is 0.182. The van der Waals surface area contributed by atoms with Crippen molar-refractivity contribution in [1.29, 1.82) is 0 Å². The van der Waals surface area contributed by atoms with Crippen molar-refractivity contribution >= 4 is 6.03 Å². The molecule has 0 aromatic carbocycles. The molecule has 0 aliphatic heterocycles. The van der Waals surface area contributed by atoms with Crippen molar-refractivity contribution in [2.45, 2.75) is 0 Å². The van der Waals surface area contributed by atoms with E-state index in [1.54, 1.807) is 0 Å². The minimum atomic E-state index is -1.50. The number of rotatable bonds is 0. The van der Waals surface area contributed by atoms with E-state index in [1.165, 1.54) is 0 Å². The van der Waals surface area contributed by atoms with E-state index in [0.717, 1.165) is 0 Å². The first kappa shape index (κ1) is 15.8. The third kappa shape index (κ3) is 796. The maximum Gasteiger partial charge on any atom is 1.00 e. The molecule has 7 nitrogen and oxygen atoms in total. The number of hydrogen-bond acceptors (Lipinski definition) is 3. The van der Waals surface area contributed by atoms with Gasteiger partial charge in [-0.3, -0.25) is 0 Å². The van der Waals surface area contributed by atoms with Crippen LogP contribution in [0.15, 0.2) is 0 Å². The van der Waals surface area contributed by atoms with Crippen LogP contribution in [0.4, 0.5) is 4.79 Å². The first-order valence-corrected chi connectivity index (χ1v) is 1.35. The topological polar surface area (TPSA) is 132 Å². The summed E-state index contributed by atoms with van der Waals surface area (Å²) >= 11 is 0. The predicted octanol–water partition coefficient (Wildman–Crippen LogP) is -4.21. The van der Waals surface area contributed by atoms with Crippen molar-refractivity contribution < 1.29 is 46.1 Å². The molecule has 0 fully saturated rings. The van der Waals surface area contributed by atoms with Crippen LogP contribution in [-0.4, -0.2) is 16.3 Å². The Kier molecular flexibility index (Phi) is 18.3. The van der Waals surface area contributed by atoms with Gasteiger partial charge in [0.2, 0.25) is 0 Å². The van der Waals surface area contributed by atoms with Gasteiger partial charge in [-0.25, -0.2) is 4.79 Å². The molecule has 0 aromatic heterocycles. The van der Waals surface area contributed by atoms with Crippen molar-refractivity contribution in [3.63, 3.8) is 0 Å². The van der Waals surface area contributed by atoms with Crippen molar-refractivity contribution in [2.24, 2.45) is 11.5 Å². The number of nitrogens with two attached hydrogens (primary N) is 2. The molecule has 8 heteroatoms. The third-order valence-electron chi connectivity index (χ3n) is 0. The number of hydrogen-bond donors (Lipinski definition) is 3. The van der Waals surface area contributed by atoms with Gasteiger partial charge in [0, 0.05) is 0 Å². The number of carbonyl (C=O) groups is 1. The Morgan fingerprint density at radius 2 is 1.67 bits per heavy atom. The summed E-state index contributed by atoms with van der Waals surface area (Å²) < 4.78 is 0. The molecule has 50 valence electrons. The number of carbonyl (C=O) groups excluding carboxylic acids is 1. The van der Waals surface area contributed by atoms with Crippen LogP contribution in [0.25, 0.3) is 0 Å². The Hall–Kier alpha value is -0.530. The number of amides is 2. The molecular weight excluding hydrogens is 141 g/mol. The summed E-state index contributed by atoms with van der Waals surface area (Å²) in [5.41, 5.74) is 8.50. The van der Waals surface area contributed by atoms with E-state index in [4.69, 9.17) is 20.1 Å². The Labute approximate surface area is 73.9 Å². The standard InChI is InChI=1S/CH4N2O.HNO3.Na.H/c2*2-1(3)4;;/h(H4,2,3,4);(H,2,3,4);;/q;;+1;-1. The zero-order valence-corrected chi connectivity index (χ0v) is 6.77. The number of nitrogens with zero attached hydrogens (tertiary/aromatic N) is 1. The third-order valence-corrected chi connectivity index (χ3v) is 0. The van der Waals surface area contributed by atoms with E-state index >= 15 is 0 Å². The van der Waals surface area contributed by atoms with Gasteiger partial charge in [0.15, 0.2) is 0 Å². The number of urea groups is 1. The molecule has 2 amide bonds. The summed E-state index contributed by atoms with van der Waals surface area (Å²) in [6.45, 7) is 0. The fraction of sp³-hybridized carbons (Fsp3) is 0. The predicted molar refractivity (Wildman–Crippen MR) is 23.7 cm³/mol. The monoisotopic (exact) mass is 147 g/mol. The molecule has 0 rings (SSSR count). The summed E-state index contributed by atoms with van der Waals surface area (Å²) in [5, 5.41) is 13.6. The molecule has 0 radical (unpaired) electrons. The molecule has 0 spiro atoms. The van der Waals surface area contributed by atoms with Crippen molar-refractivity contribution in [3.8, 4) is 0 Å². The van der Waals surface area contributed by atoms with E-state index in [2.05, 4.69) is 11.5 Å². The summed E-state index contributed by atoms with van der Waals surface area (Å²) in [4.78, 5) is 17.4. The molecule has 0 aromatic rings. The van der Waals surface area contributed by atoms with Crippen molar-refractivity contribution in [1.82, 2.24) is 0 Å². The molecule has 9 heavy (non-hydrogen) atoms. The van der Waals surface area contributed by atoms with Crippen LogP contribution in [0.1, 0.15) is 1.43 Å². The van der Waals surface area contributed by atoms with E-state index in [1.807, 2.05) is 0 Å². The zero-order chi connectivity index (χ0) is 7.15.